The van der Waals surface area contributed by atoms with Crippen molar-refractivity contribution in [1.29, 1.82) is 0 Å². The number of aliphatic carboxylic acids is 1. The van der Waals surface area contributed by atoms with Crippen LogP contribution in [0, 0.1) is 0 Å². The highest BCUT2D eigenvalue weighted by Gasteiger charge is 2.44. The smallest absolute Gasteiger partial charge is 0.480 e. The molecule has 31 heavy (non-hydrogen) atoms. The Bertz CT molecular complexity index is 1140. The van der Waals surface area contributed by atoms with Gasteiger partial charge in [0.1, 0.15) is 5.69 Å². The molecule has 162 valence electrons. The van der Waals surface area contributed by atoms with E-state index < -0.39 is 23.8 Å². The van der Waals surface area contributed by atoms with E-state index in [1.807, 2.05) is 0 Å². The molecule has 0 saturated heterocycles. The molecule has 1 aliphatic heterocycles. The average Bonchev–Trinajstić information content (AvgIpc) is 3.28. The minimum absolute atomic E-state index is 0.0594. The zero-order valence-corrected chi connectivity index (χ0v) is 16.8. The Labute approximate surface area is 176 Å². The quantitative estimate of drug-likeness (QED) is 0.617. The van der Waals surface area contributed by atoms with Crippen LogP contribution in [-0.2, 0) is 16.8 Å². The van der Waals surface area contributed by atoms with Gasteiger partial charge in [-0.05, 0) is 31.0 Å². The molecule has 0 bridgehead atoms. The first kappa shape index (κ1) is 20.7. The number of carboxylic acids is 1. The number of hydrogen-bond acceptors (Lipinski definition) is 6. The van der Waals surface area contributed by atoms with Crippen molar-refractivity contribution in [1.82, 2.24) is 15.0 Å². The fourth-order valence-corrected chi connectivity index (χ4v) is 3.30. The standard InChI is InChI=1S/C21H20F2N4O4/c1-20(2,24)17-11-27(26-25-17)15(19(28)29)10-12-5-3-6-13(9-12)14-7-4-8-16-18(14)31-21(22,23)30-16/h3-9,11,15H,10,24H2,1-2H3,(H,28,29). The summed E-state index contributed by atoms with van der Waals surface area (Å²) in [6.45, 7) is 3.49. The van der Waals surface area contributed by atoms with Gasteiger partial charge in [-0.2, -0.15) is 0 Å². The van der Waals surface area contributed by atoms with Crippen LogP contribution >= 0.6 is 0 Å². The highest BCUT2D eigenvalue weighted by Crippen LogP contribution is 2.47. The summed E-state index contributed by atoms with van der Waals surface area (Å²) in [5.41, 5.74) is 7.37. The lowest BCUT2D eigenvalue weighted by molar-refractivity contribution is -0.286. The van der Waals surface area contributed by atoms with Gasteiger partial charge in [-0.1, -0.05) is 41.6 Å². The zero-order chi connectivity index (χ0) is 22.4. The first-order chi connectivity index (χ1) is 14.5. The largest absolute Gasteiger partial charge is 0.586 e. The third-order valence-corrected chi connectivity index (χ3v) is 4.87. The first-order valence-corrected chi connectivity index (χ1v) is 9.46. The molecule has 0 spiro atoms. The Hall–Kier alpha value is -3.53. The van der Waals surface area contributed by atoms with Gasteiger partial charge in [-0.3, -0.25) is 0 Å². The second-order valence-corrected chi connectivity index (χ2v) is 7.86. The number of halogens is 2. The summed E-state index contributed by atoms with van der Waals surface area (Å²) >= 11 is 0. The molecular weight excluding hydrogens is 410 g/mol. The van der Waals surface area contributed by atoms with E-state index in [0.717, 1.165) is 0 Å². The molecule has 8 nitrogen and oxygen atoms in total. The SMILES string of the molecule is CC(C)(N)c1cn(C(Cc2cccc(-c3cccc4c3OC(F)(F)O4)c2)C(=O)O)nn1. The molecule has 1 unspecified atom stereocenters. The molecule has 0 aliphatic carbocycles. The lowest BCUT2D eigenvalue weighted by Gasteiger charge is -2.15. The summed E-state index contributed by atoms with van der Waals surface area (Å²) in [7, 11) is 0. The van der Waals surface area contributed by atoms with Gasteiger partial charge in [-0.15, -0.1) is 13.9 Å². The number of benzene rings is 2. The number of nitrogens with zero attached hydrogens (tertiary/aromatic N) is 3. The van der Waals surface area contributed by atoms with Crippen LogP contribution in [0.3, 0.4) is 0 Å². The molecule has 1 atom stereocenters. The Balaban J connectivity index is 1.64. The van der Waals surface area contributed by atoms with Gasteiger partial charge in [0, 0.05) is 12.0 Å². The summed E-state index contributed by atoms with van der Waals surface area (Å²) in [4.78, 5) is 11.9. The van der Waals surface area contributed by atoms with Crippen LogP contribution in [-0.4, -0.2) is 32.4 Å². The molecule has 2 aromatic carbocycles. The number of alkyl halides is 2. The number of fused-ring (bicyclic) bond motifs is 1. The topological polar surface area (TPSA) is 112 Å². The van der Waals surface area contributed by atoms with Gasteiger partial charge in [0.05, 0.1) is 11.7 Å². The lowest BCUT2D eigenvalue weighted by Crippen LogP contribution is -2.29. The van der Waals surface area contributed by atoms with Crippen molar-refractivity contribution in [2.24, 2.45) is 5.73 Å². The third-order valence-electron chi connectivity index (χ3n) is 4.87. The molecule has 2 heterocycles. The van der Waals surface area contributed by atoms with Crippen LogP contribution < -0.4 is 15.2 Å². The number of carboxylic acid groups (broad SMARTS) is 1. The van der Waals surface area contributed by atoms with E-state index in [1.165, 1.54) is 16.9 Å². The van der Waals surface area contributed by atoms with Crippen LogP contribution in [0.1, 0.15) is 31.1 Å². The van der Waals surface area contributed by atoms with Gasteiger partial charge < -0.3 is 20.3 Å². The van der Waals surface area contributed by atoms with Gasteiger partial charge >= 0.3 is 12.3 Å². The Morgan fingerprint density at radius 2 is 2.00 bits per heavy atom. The summed E-state index contributed by atoms with van der Waals surface area (Å²) in [6, 6.07) is 10.5. The highest BCUT2D eigenvalue weighted by atomic mass is 19.3. The molecule has 0 saturated carbocycles. The van der Waals surface area contributed by atoms with E-state index in [-0.39, 0.29) is 17.9 Å². The van der Waals surface area contributed by atoms with Gasteiger partial charge in [0.15, 0.2) is 17.5 Å². The molecule has 3 aromatic rings. The number of ether oxygens (including phenoxy) is 2. The van der Waals surface area contributed by atoms with E-state index >= 15 is 0 Å². The van der Waals surface area contributed by atoms with E-state index in [9.17, 15) is 18.7 Å². The number of hydrogen-bond donors (Lipinski definition) is 2. The van der Waals surface area contributed by atoms with Gasteiger partial charge in [0.25, 0.3) is 0 Å². The Morgan fingerprint density at radius 1 is 1.26 bits per heavy atom. The van der Waals surface area contributed by atoms with E-state index in [1.54, 1.807) is 50.2 Å². The highest BCUT2D eigenvalue weighted by molar-refractivity contribution is 5.75. The number of aromatic nitrogens is 3. The Kier molecular flexibility index (Phi) is 4.89. The van der Waals surface area contributed by atoms with Crippen LogP contribution in [0.4, 0.5) is 8.78 Å². The predicted molar refractivity (Wildman–Crippen MR) is 106 cm³/mol. The van der Waals surface area contributed by atoms with Crippen LogP contribution in [0.2, 0.25) is 0 Å². The summed E-state index contributed by atoms with van der Waals surface area (Å²) in [6.07, 6.45) is -2.12. The van der Waals surface area contributed by atoms with E-state index in [0.29, 0.717) is 22.4 Å². The molecule has 0 amide bonds. The normalized spacial score (nSPS) is 15.6. The first-order valence-electron chi connectivity index (χ1n) is 9.46. The number of carbonyl (C=O) groups is 1. The van der Waals surface area contributed by atoms with Crippen molar-refractivity contribution in [3.05, 3.63) is 59.9 Å². The van der Waals surface area contributed by atoms with E-state index in [4.69, 9.17) is 5.73 Å². The molecule has 0 fully saturated rings. The minimum atomic E-state index is -3.73. The summed E-state index contributed by atoms with van der Waals surface area (Å²) in [5.74, 6) is -1.21. The fraction of sp³-hybridized carbons (Fsp3) is 0.286. The molecule has 1 aliphatic rings. The predicted octanol–water partition coefficient (Wildman–Crippen LogP) is 3.33. The van der Waals surface area contributed by atoms with Crippen LogP contribution in [0.15, 0.2) is 48.7 Å². The van der Waals surface area contributed by atoms with Crippen LogP contribution in [0.25, 0.3) is 11.1 Å². The van der Waals surface area contributed by atoms with Crippen molar-refractivity contribution in [2.75, 3.05) is 0 Å². The second-order valence-electron chi connectivity index (χ2n) is 7.86. The molecule has 3 N–H and O–H groups in total. The molecule has 1 aromatic heterocycles. The Morgan fingerprint density at radius 3 is 2.68 bits per heavy atom. The fourth-order valence-electron chi connectivity index (χ4n) is 3.30. The summed E-state index contributed by atoms with van der Waals surface area (Å²) in [5, 5.41) is 17.6. The van der Waals surface area contributed by atoms with Crippen molar-refractivity contribution < 1.29 is 28.2 Å². The monoisotopic (exact) mass is 430 g/mol. The average molecular weight is 430 g/mol. The zero-order valence-electron chi connectivity index (χ0n) is 16.8. The minimum Gasteiger partial charge on any atom is -0.480 e. The summed E-state index contributed by atoms with van der Waals surface area (Å²) < 4.78 is 37.5. The molecular formula is C21H20F2N4O4. The van der Waals surface area contributed by atoms with Crippen LogP contribution in [0.5, 0.6) is 11.5 Å². The number of para-hydroxylation sites is 1. The maximum absolute atomic E-state index is 13.5. The molecule has 4 rings (SSSR count). The second kappa shape index (κ2) is 7.31. The number of rotatable bonds is 6. The van der Waals surface area contributed by atoms with E-state index in [2.05, 4.69) is 19.8 Å². The van der Waals surface area contributed by atoms with Crippen molar-refractivity contribution in [3.8, 4) is 22.6 Å². The van der Waals surface area contributed by atoms with Gasteiger partial charge in [0.2, 0.25) is 0 Å². The lowest BCUT2D eigenvalue weighted by atomic mass is 9.98. The van der Waals surface area contributed by atoms with Gasteiger partial charge in [-0.25, -0.2) is 9.48 Å². The molecule has 10 heteroatoms. The molecule has 0 radical (unpaired) electrons. The number of nitrogens with two attached hydrogens (primary N) is 1. The van der Waals surface area contributed by atoms with Crippen molar-refractivity contribution in [3.63, 3.8) is 0 Å². The maximum Gasteiger partial charge on any atom is 0.586 e. The maximum atomic E-state index is 13.5. The van der Waals surface area contributed by atoms with Crippen molar-refractivity contribution in [2.45, 2.75) is 38.1 Å². The van der Waals surface area contributed by atoms with Crippen molar-refractivity contribution >= 4 is 5.97 Å². The third kappa shape index (κ3) is 4.19.